The van der Waals surface area contributed by atoms with Crippen molar-refractivity contribution in [3.8, 4) is 0 Å². The summed E-state index contributed by atoms with van der Waals surface area (Å²) in [5.74, 6) is 0.0307. The minimum absolute atomic E-state index is 0.0307. The second kappa shape index (κ2) is 5.62. The normalized spacial score (nSPS) is 13.7. The van der Waals surface area contributed by atoms with E-state index in [4.69, 9.17) is 11.6 Å². The fourth-order valence-corrected chi connectivity index (χ4v) is 4.40. The lowest BCUT2D eigenvalue weighted by atomic mass is 10.2. The number of sulfonamides is 1. The molecule has 0 spiro atoms. The summed E-state index contributed by atoms with van der Waals surface area (Å²) in [7, 11) is -3.53. The summed E-state index contributed by atoms with van der Waals surface area (Å²) in [4.78, 5) is 7.86. The van der Waals surface area contributed by atoms with E-state index in [1.54, 1.807) is 6.20 Å². The van der Waals surface area contributed by atoms with Gasteiger partial charge in [0.15, 0.2) is 8.68 Å². The van der Waals surface area contributed by atoms with Crippen molar-refractivity contribution in [2.75, 3.05) is 6.54 Å². The van der Waals surface area contributed by atoms with Gasteiger partial charge in [0.25, 0.3) is 10.0 Å². The Kier molecular flexibility index (Phi) is 4.33. The zero-order valence-corrected chi connectivity index (χ0v) is 12.5. The maximum absolute atomic E-state index is 11.9. The van der Waals surface area contributed by atoms with Gasteiger partial charge in [-0.25, -0.2) is 23.1 Å². The number of aromatic nitrogens is 2. The SMILES string of the molecule is CC(CNS(=O)(=O)c1cnc(Cl)s1)c1nccs1. The summed E-state index contributed by atoms with van der Waals surface area (Å²) in [6, 6.07) is 0. The van der Waals surface area contributed by atoms with Crippen molar-refractivity contribution in [1.82, 2.24) is 14.7 Å². The van der Waals surface area contributed by atoms with Crippen LogP contribution in [0, 0.1) is 0 Å². The number of halogens is 1. The average Bonchev–Trinajstić information content (AvgIpc) is 2.96. The minimum Gasteiger partial charge on any atom is -0.249 e. The molecule has 98 valence electrons. The zero-order chi connectivity index (χ0) is 13.2. The highest BCUT2D eigenvalue weighted by molar-refractivity contribution is 7.91. The molecule has 0 amide bonds. The molecule has 0 saturated heterocycles. The maximum atomic E-state index is 11.9. The maximum Gasteiger partial charge on any atom is 0.251 e. The van der Waals surface area contributed by atoms with Crippen LogP contribution in [0.15, 0.2) is 22.0 Å². The Balaban J connectivity index is 2.02. The van der Waals surface area contributed by atoms with E-state index in [9.17, 15) is 8.42 Å². The first-order valence-electron chi connectivity index (χ1n) is 4.99. The summed E-state index contributed by atoms with van der Waals surface area (Å²) in [5, 5.41) is 2.77. The molecule has 0 bridgehead atoms. The van der Waals surface area contributed by atoms with Crippen LogP contribution in [0.25, 0.3) is 0 Å². The smallest absolute Gasteiger partial charge is 0.249 e. The molecular formula is C9H10ClN3O2S3. The van der Waals surface area contributed by atoms with Gasteiger partial charge in [0.05, 0.1) is 11.2 Å². The summed E-state index contributed by atoms with van der Waals surface area (Å²) in [6.07, 6.45) is 2.96. The van der Waals surface area contributed by atoms with Crippen LogP contribution in [0.4, 0.5) is 0 Å². The molecule has 0 saturated carbocycles. The minimum atomic E-state index is -3.53. The monoisotopic (exact) mass is 323 g/mol. The Hall–Kier alpha value is -0.540. The van der Waals surface area contributed by atoms with Gasteiger partial charge >= 0.3 is 0 Å². The zero-order valence-electron chi connectivity index (χ0n) is 9.33. The number of thiazole rings is 2. The van der Waals surface area contributed by atoms with E-state index in [1.807, 2.05) is 12.3 Å². The van der Waals surface area contributed by atoms with Crippen molar-refractivity contribution in [1.29, 1.82) is 0 Å². The van der Waals surface area contributed by atoms with E-state index >= 15 is 0 Å². The first-order valence-corrected chi connectivity index (χ1v) is 8.55. The van der Waals surface area contributed by atoms with Gasteiger partial charge in [-0.3, -0.25) is 0 Å². The van der Waals surface area contributed by atoms with E-state index in [0.717, 1.165) is 16.3 Å². The fourth-order valence-electron chi connectivity index (χ4n) is 1.23. The summed E-state index contributed by atoms with van der Waals surface area (Å²) in [6.45, 7) is 2.21. The van der Waals surface area contributed by atoms with Crippen LogP contribution in [0.5, 0.6) is 0 Å². The highest BCUT2D eigenvalue weighted by Gasteiger charge is 2.19. The number of hydrogen-bond acceptors (Lipinski definition) is 6. The third-order valence-corrected chi connectivity index (χ3v) is 6.18. The lowest BCUT2D eigenvalue weighted by Gasteiger charge is -2.09. The van der Waals surface area contributed by atoms with Crippen LogP contribution >= 0.6 is 34.3 Å². The molecule has 0 aliphatic rings. The number of nitrogens with zero attached hydrogens (tertiary/aromatic N) is 2. The second-order valence-corrected chi connectivity index (χ2v) is 8.09. The van der Waals surface area contributed by atoms with Crippen LogP contribution in [0.3, 0.4) is 0 Å². The molecule has 18 heavy (non-hydrogen) atoms. The standard InChI is InChI=1S/C9H10ClN3O2S3/c1-6(8-11-2-3-16-8)4-13-18(14,15)7-5-12-9(10)17-7/h2-3,5-6,13H,4H2,1H3. The highest BCUT2D eigenvalue weighted by Crippen LogP contribution is 2.23. The molecule has 0 fully saturated rings. The molecule has 1 atom stereocenters. The largest absolute Gasteiger partial charge is 0.251 e. The lowest BCUT2D eigenvalue weighted by Crippen LogP contribution is -2.27. The van der Waals surface area contributed by atoms with E-state index in [-0.39, 0.29) is 14.6 Å². The molecule has 2 aromatic rings. The molecule has 1 N–H and O–H groups in total. The predicted molar refractivity (Wildman–Crippen MR) is 72.8 cm³/mol. The fraction of sp³-hybridized carbons (Fsp3) is 0.333. The molecule has 5 nitrogen and oxygen atoms in total. The van der Waals surface area contributed by atoms with E-state index in [0.29, 0.717) is 6.54 Å². The van der Waals surface area contributed by atoms with Gasteiger partial charge in [0.2, 0.25) is 0 Å². The van der Waals surface area contributed by atoms with Gasteiger partial charge in [-0.2, -0.15) is 0 Å². The van der Waals surface area contributed by atoms with Crippen LogP contribution in [-0.4, -0.2) is 24.9 Å². The molecule has 1 unspecified atom stereocenters. The van der Waals surface area contributed by atoms with Crippen LogP contribution in [-0.2, 0) is 10.0 Å². The number of nitrogens with one attached hydrogen (secondary N) is 1. The van der Waals surface area contributed by atoms with Gasteiger partial charge in [-0.15, -0.1) is 11.3 Å². The van der Waals surface area contributed by atoms with Crippen molar-refractivity contribution < 1.29 is 8.42 Å². The van der Waals surface area contributed by atoms with Crippen LogP contribution in [0.1, 0.15) is 17.8 Å². The van der Waals surface area contributed by atoms with Gasteiger partial charge in [-0.1, -0.05) is 29.9 Å². The molecule has 0 aromatic carbocycles. The first kappa shape index (κ1) is 13.9. The van der Waals surface area contributed by atoms with E-state index < -0.39 is 10.0 Å². The first-order chi connectivity index (χ1) is 8.49. The molecule has 2 aromatic heterocycles. The molecule has 9 heteroatoms. The Bertz CT molecular complexity index is 609. The predicted octanol–water partition coefficient (Wildman–Crippen LogP) is 2.34. The molecule has 2 rings (SSSR count). The topological polar surface area (TPSA) is 72.0 Å². The highest BCUT2D eigenvalue weighted by atomic mass is 35.5. The van der Waals surface area contributed by atoms with E-state index in [1.165, 1.54) is 17.5 Å². The Morgan fingerprint density at radius 3 is 2.83 bits per heavy atom. The number of hydrogen-bond donors (Lipinski definition) is 1. The second-order valence-electron chi connectivity index (χ2n) is 3.56. The third kappa shape index (κ3) is 3.27. The van der Waals surface area contributed by atoms with Gasteiger partial charge in [-0.05, 0) is 0 Å². The van der Waals surface area contributed by atoms with Crippen molar-refractivity contribution in [2.45, 2.75) is 17.1 Å². The molecular weight excluding hydrogens is 314 g/mol. The molecule has 2 heterocycles. The average molecular weight is 324 g/mol. The Morgan fingerprint density at radius 2 is 2.28 bits per heavy atom. The Labute approximate surface area is 118 Å². The van der Waals surface area contributed by atoms with E-state index in [2.05, 4.69) is 14.7 Å². The van der Waals surface area contributed by atoms with Crippen LogP contribution in [0.2, 0.25) is 4.47 Å². The lowest BCUT2D eigenvalue weighted by molar-refractivity contribution is 0.576. The van der Waals surface area contributed by atoms with Crippen molar-refractivity contribution >= 4 is 44.3 Å². The summed E-state index contributed by atoms with van der Waals surface area (Å²) < 4.78 is 26.7. The van der Waals surface area contributed by atoms with Gasteiger partial charge in [0, 0.05) is 24.0 Å². The summed E-state index contributed by atoms with van der Waals surface area (Å²) >= 11 is 8.06. The van der Waals surface area contributed by atoms with Gasteiger partial charge < -0.3 is 0 Å². The number of rotatable bonds is 5. The van der Waals surface area contributed by atoms with Crippen molar-refractivity contribution in [2.24, 2.45) is 0 Å². The van der Waals surface area contributed by atoms with Crippen molar-refractivity contribution in [3.63, 3.8) is 0 Å². The Morgan fingerprint density at radius 1 is 1.50 bits per heavy atom. The summed E-state index contributed by atoms with van der Waals surface area (Å²) in [5.41, 5.74) is 0. The van der Waals surface area contributed by atoms with Crippen molar-refractivity contribution in [3.05, 3.63) is 27.2 Å². The molecule has 0 aliphatic carbocycles. The quantitative estimate of drug-likeness (QED) is 0.916. The molecule has 0 radical (unpaired) electrons. The van der Waals surface area contributed by atoms with Gasteiger partial charge in [0.1, 0.15) is 0 Å². The molecule has 0 aliphatic heterocycles. The van der Waals surface area contributed by atoms with Crippen LogP contribution < -0.4 is 4.72 Å². The third-order valence-electron chi connectivity index (χ3n) is 2.17.